The molecule has 3 aromatic rings. The number of rotatable bonds is 5. The van der Waals surface area contributed by atoms with E-state index in [-0.39, 0.29) is 23.6 Å². The van der Waals surface area contributed by atoms with Crippen LogP contribution in [-0.2, 0) is 19.1 Å². The fourth-order valence-corrected chi connectivity index (χ4v) is 7.42. The summed E-state index contributed by atoms with van der Waals surface area (Å²) in [7, 11) is 0. The van der Waals surface area contributed by atoms with Crippen molar-refractivity contribution >= 4 is 40.6 Å². The van der Waals surface area contributed by atoms with Crippen molar-refractivity contribution in [3.05, 3.63) is 45.7 Å². The summed E-state index contributed by atoms with van der Waals surface area (Å²) in [6.45, 7) is 2.23. The predicted octanol–water partition coefficient (Wildman–Crippen LogP) is 5.60. The van der Waals surface area contributed by atoms with Crippen LogP contribution in [0.5, 0.6) is 0 Å². The van der Waals surface area contributed by atoms with E-state index in [0.29, 0.717) is 28.8 Å². The lowest BCUT2D eigenvalue weighted by molar-refractivity contribution is -0.137. The van der Waals surface area contributed by atoms with E-state index in [0.717, 1.165) is 89.5 Å². The van der Waals surface area contributed by atoms with E-state index in [2.05, 4.69) is 20.6 Å². The summed E-state index contributed by atoms with van der Waals surface area (Å²) in [5.74, 6) is 1.06. The molecule has 0 atom stereocenters. The lowest BCUT2D eigenvalue weighted by Gasteiger charge is -2.20. The SMILES string of the molecule is O=C1c2sc(-c3nc(Nc4cc5c(nc4C4CC4)CNCC5)ncc3C(F)(F)F)cc2SCCN1C1CC1. The maximum absolute atomic E-state index is 14.1. The van der Waals surface area contributed by atoms with Gasteiger partial charge in [-0.2, -0.15) is 13.2 Å². The van der Waals surface area contributed by atoms with Gasteiger partial charge in [-0.3, -0.25) is 9.78 Å². The van der Waals surface area contributed by atoms with E-state index < -0.39 is 11.7 Å². The van der Waals surface area contributed by atoms with Gasteiger partial charge in [0.05, 0.1) is 27.6 Å². The molecule has 12 heteroatoms. The van der Waals surface area contributed by atoms with E-state index in [9.17, 15) is 18.0 Å². The number of nitrogens with one attached hydrogen (secondary N) is 2. The van der Waals surface area contributed by atoms with Gasteiger partial charge in [0, 0.05) is 41.9 Å². The highest BCUT2D eigenvalue weighted by molar-refractivity contribution is 7.99. The van der Waals surface area contributed by atoms with Crippen molar-refractivity contribution in [3.63, 3.8) is 0 Å². The van der Waals surface area contributed by atoms with Gasteiger partial charge in [-0.05, 0) is 56.3 Å². The summed E-state index contributed by atoms with van der Waals surface area (Å²) in [5.41, 5.74) is 2.71. The number of carbonyl (C=O) groups excluding carboxylic acids is 1. The van der Waals surface area contributed by atoms with E-state index in [1.54, 1.807) is 6.07 Å². The number of halogens is 3. The van der Waals surface area contributed by atoms with E-state index >= 15 is 0 Å². The predicted molar refractivity (Wildman–Crippen MR) is 140 cm³/mol. The highest BCUT2D eigenvalue weighted by Gasteiger charge is 2.39. The zero-order valence-corrected chi connectivity index (χ0v) is 22.0. The van der Waals surface area contributed by atoms with Crippen molar-refractivity contribution in [3.8, 4) is 10.6 Å². The Morgan fingerprint density at radius 2 is 1.97 bits per heavy atom. The van der Waals surface area contributed by atoms with Crippen LogP contribution in [0.25, 0.3) is 10.6 Å². The van der Waals surface area contributed by atoms with E-state index in [1.165, 1.54) is 11.8 Å². The molecule has 2 fully saturated rings. The van der Waals surface area contributed by atoms with Crippen LogP contribution in [-0.4, -0.2) is 50.6 Å². The molecule has 38 heavy (non-hydrogen) atoms. The molecule has 3 aromatic heterocycles. The lowest BCUT2D eigenvalue weighted by Crippen LogP contribution is -2.33. The van der Waals surface area contributed by atoms with E-state index in [1.807, 2.05) is 11.0 Å². The summed E-state index contributed by atoms with van der Waals surface area (Å²) in [6.07, 6.45) is 1.10. The summed E-state index contributed by atoms with van der Waals surface area (Å²) in [5, 5.41) is 6.54. The van der Waals surface area contributed by atoms with Gasteiger partial charge in [-0.25, -0.2) is 9.97 Å². The Kier molecular flexibility index (Phi) is 5.89. The molecule has 7 rings (SSSR count). The fraction of sp³-hybridized carbons (Fsp3) is 0.462. The number of pyridine rings is 1. The van der Waals surface area contributed by atoms with Crippen molar-refractivity contribution in [1.29, 1.82) is 0 Å². The Balaban J connectivity index is 1.27. The Labute approximate surface area is 225 Å². The molecule has 0 spiro atoms. The first-order valence-electron chi connectivity index (χ1n) is 12.9. The van der Waals surface area contributed by atoms with Crippen molar-refractivity contribution in [2.45, 2.75) is 61.7 Å². The first-order chi connectivity index (χ1) is 18.3. The number of amides is 1. The van der Waals surface area contributed by atoms with Gasteiger partial charge in [0.25, 0.3) is 5.91 Å². The number of thioether (sulfide) groups is 1. The van der Waals surface area contributed by atoms with Crippen LogP contribution in [0.3, 0.4) is 0 Å². The van der Waals surface area contributed by atoms with Crippen molar-refractivity contribution < 1.29 is 18.0 Å². The molecule has 198 valence electrons. The van der Waals surface area contributed by atoms with Crippen molar-refractivity contribution in [1.82, 2.24) is 25.2 Å². The number of hydrogen-bond acceptors (Lipinski definition) is 8. The largest absolute Gasteiger partial charge is 0.420 e. The van der Waals surface area contributed by atoms with Crippen molar-refractivity contribution in [2.24, 2.45) is 0 Å². The lowest BCUT2D eigenvalue weighted by atomic mass is 10.0. The smallest absolute Gasteiger partial charge is 0.334 e. The molecule has 2 aliphatic carbocycles. The molecule has 4 aliphatic rings. The first-order valence-corrected chi connectivity index (χ1v) is 14.7. The minimum absolute atomic E-state index is 0.0894. The third kappa shape index (κ3) is 4.56. The average Bonchev–Trinajstić information content (AvgIpc) is 3.82. The third-order valence-electron chi connectivity index (χ3n) is 7.35. The molecule has 2 aliphatic heterocycles. The third-order valence-corrected chi connectivity index (χ3v) is 9.63. The Morgan fingerprint density at radius 3 is 2.74 bits per heavy atom. The molecule has 0 bridgehead atoms. The zero-order valence-electron chi connectivity index (χ0n) is 20.4. The minimum Gasteiger partial charge on any atom is -0.334 e. The standard InChI is InChI=1S/C26H25F3N6OS2/c27-26(28,29)16-11-31-25(33-17-9-14-5-6-30-12-18(14)32-21(17)13-1-2-13)34-22(16)19-10-20-23(38-19)24(36)35(7-8-37-20)15-3-4-15/h9-11,13,15,30H,1-8,12H2,(H,31,33,34). The topological polar surface area (TPSA) is 83.0 Å². The van der Waals surface area contributed by atoms with Gasteiger partial charge < -0.3 is 15.5 Å². The molecule has 0 saturated heterocycles. The second kappa shape index (κ2) is 9.20. The van der Waals surface area contributed by atoms with Gasteiger partial charge >= 0.3 is 6.18 Å². The second-order valence-corrected chi connectivity index (χ2v) is 12.4. The van der Waals surface area contributed by atoms with Crippen molar-refractivity contribution in [2.75, 3.05) is 24.2 Å². The summed E-state index contributed by atoms with van der Waals surface area (Å²) in [6, 6.07) is 3.98. The molecule has 0 unspecified atom stereocenters. The molecule has 2 N–H and O–H groups in total. The first kappa shape index (κ1) is 24.3. The number of fused-ring (bicyclic) bond motifs is 2. The average molecular weight is 559 g/mol. The Bertz CT molecular complexity index is 1430. The molecular formula is C26H25F3N6OS2. The molecule has 0 radical (unpaired) electrons. The van der Waals surface area contributed by atoms with Crippen LogP contribution in [0.4, 0.5) is 24.8 Å². The van der Waals surface area contributed by atoms with Crippen LogP contribution >= 0.6 is 23.1 Å². The van der Waals surface area contributed by atoms with E-state index in [4.69, 9.17) is 4.98 Å². The van der Waals surface area contributed by atoms with Crippen LogP contribution in [0.15, 0.2) is 23.2 Å². The monoisotopic (exact) mass is 558 g/mol. The van der Waals surface area contributed by atoms with Crippen LogP contribution < -0.4 is 10.6 Å². The number of thiophene rings is 1. The fourth-order valence-electron chi connectivity index (χ4n) is 5.10. The minimum atomic E-state index is -4.63. The van der Waals surface area contributed by atoms with Gasteiger partial charge in [-0.1, -0.05) is 0 Å². The maximum Gasteiger partial charge on any atom is 0.420 e. The Hall–Kier alpha value is -2.70. The highest BCUT2D eigenvalue weighted by atomic mass is 32.2. The summed E-state index contributed by atoms with van der Waals surface area (Å²) >= 11 is 2.61. The number of nitrogens with zero attached hydrogens (tertiary/aromatic N) is 4. The summed E-state index contributed by atoms with van der Waals surface area (Å²) in [4.78, 5) is 30.0. The number of anilines is 2. The Morgan fingerprint density at radius 1 is 1.13 bits per heavy atom. The van der Waals surface area contributed by atoms with Crippen LogP contribution in [0.1, 0.15) is 63.8 Å². The van der Waals surface area contributed by atoms with Gasteiger partial charge in [0.1, 0.15) is 10.4 Å². The van der Waals surface area contributed by atoms with Gasteiger partial charge in [0.2, 0.25) is 5.95 Å². The molecule has 2 saturated carbocycles. The van der Waals surface area contributed by atoms with Crippen LogP contribution in [0, 0.1) is 0 Å². The maximum atomic E-state index is 14.1. The summed E-state index contributed by atoms with van der Waals surface area (Å²) < 4.78 is 42.2. The number of carbonyl (C=O) groups is 1. The van der Waals surface area contributed by atoms with Gasteiger partial charge in [0.15, 0.2) is 0 Å². The normalized spacial score (nSPS) is 19.7. The molecule has 7 nitrogen and oxygen atoms in total. The quantitative estimate of drug-likeness (QED) is 0.422. The zero-order chi connectivity index (χ0) is 26.0. The molecule has 1 amide bonds. The number of aromatic nitrogens is 3. The molecule has 5 heterocycles. The number of hydrogen-bond donors (Lipinski definition) is 2. The van der Waals surface area contributed by atoms with Gasteiger partial charge in [-0.15, -0.1) is 23.1 Å². The molecular weight excluding hydrogens is 533 g/mol. The number of alkyl halides is 3. The van der Waals surface area contributed by atoms with Crippen LogP contribution in [0.2, 0.25) is 0 Å². The molecule has 0 aromatic carbocycles. The second-order valence-electron chi connectivity index (χ2n) is 10.2. The highest BCUT2D eigenvalue weighted by Crippen LogP contribution is 2.46.